The van der Waals surface area contributed by atoms with Crippen LogP contribution in [0.25, 0.3) is 0 Å². The minimum Gasteiger partial charge on any atom is -0.486 e. The van der Waals surface area contributed by atoms with Crippen molar-refractivity contribution in [3.63, 3.8) is 0 Å². The van der Waals surface area contributed by atoms with Crippen molar-refractivity contribution < 1.29 is 34.0 Å². The summed E-state index contributed by atoms with van der Waals surface area (Å²) < 4.78 is 11.2. The first kappa shape index (κ1) is 22.8. The van der Waals surface area contributed by atoms with Crippen LogP contribution in [0.1, 0.15) is 24.0 Å². The number of hydrogen-bond donors (Lipinski definition) is 3. The fourth-order valence-electron chi connectivity index (χ4n) is 6.15. The Labute approximate surface area is 211 Å². The Morgan fingerprint density at radius 1 is 1.17 bits per heavy atom. The number of primary amides is 1. The molecule has 4 atom stereocenters. The molecule has 4 aliphatic heterocycles. The van der Waals surface area contributed by atoms with Gasteiger partial charge in [-0.25, -0.2) is 4.90 Å². The number of nitrogens with zero attached hydrogens (tertiary/aromatic N) is 1. The normalized spacial score (nSPS) is 27.9. The van der Waals surface area contributed by atoms with E-state index in [1.165, 1.54) is 0 Å². The van der Waals surface area contributed by atoms with Gasteiger partial charge in [0.15, 0.2) is 11.5 Å². The Balaban J connectivity index is 1.47. The molecular weight excluding hydrogens is 488 g/mol. The third-order valence-electron chi connectivity index (χ3n) is 7.75. The summed E-state index contributed by atoms with van der Waals surface area (Å²) in [4.78, 5) is 54.2. The van der Waals surface area contributed by atoms with Gasteiger partial charge < -0.3 is 25.8 Å². The maximum absolute atomic E-state index is 14.0. The lowest BCUT2D eigenvalue weighted by Crippen LogP contribution is -2.99. The van der Waals surface area contributed by atoms with Gasteiger partial charge in [0, 0.05) is 29.5 Å². The van der Waals surface area contributed by atoms with Gasteiger partial charge in [-0.1, -0.05) is 11.6 Å². The summed E-state index contributed by atoms with van der Waals surface area (Å²) >= 11 is 6.31. The molecule has 4 heterocycles. The number of carbonyl (C=O) groups excluding carboxylic acids is 4. The van der Waals surface area contributed by atoms with Crippen LogP contribution in [0.15, 0.2) is 30.3 Å². The molecule has 10 nitrogen and oxygen atoms in total. The monoisotopic (exact) mass is 511 g/mol. The molecule has 0 aliphatic carbocycles. The molecule has 4 aliphatic rings. The highest BCUT2D eigenvalue weighted by molar-refractivity contribution is 6.32. The molecule has 2 fully saturated rings. The predicted octanol–water partition coefficient (Wildman–Crippen LogP) is 0.584. The van der Waals surface area contributed by atoms with Crippen molar-refractivity contribution >= 4 is 46.6 Å². The van der Waals surface area contributed by atoms with E-state index in [0.29, 0.717) is 52.2 Å². The number of benzene rings is 2. The predicted molar refractivity (Wildman–Crippen MR) is 128 cm³/mol. The smallest absolute Gasteiger partial charge is 0.291 e. The number of nitrogens with one attached hydrogen (secondary N) is 1. The number of fused-ring (bicyclic) bond motifs is 5. The van der Waals surface area contributed by atoms with Crippen LogP contribution < -0.4 is 30.7 Å². The van der Waals surface area contributed by atoms with E-state index in [0.717, 1.165) is 4.90 Å². The second-order valence-corrected chi connectivity index (χ2v) is 10.0. The number of quaternary nitrogens is 1. The SMILES string of the molecule is Cc1c(Cl)ccc2c1NC(=O)[C@]21[NH2+][C@@H](CCC(N)=O)[C@H]2C(=O)N(c3ccc4c(c3)OCCO4)C(=O)[C@H]21. The van der Waals surface area contributed by atoms with Crippen molar-refractivity contribution in [1.82, 2.24) is 0 Å². The largest absolute Gasteiger partial charge is 0.486 e. The molecule has 5 N–H and O–H groups in total. The van der Waals surface area contributed by atoms with Crippen LogP contribution in [-0.2, 0) is 24.7 Å². The third kappa shape index (κ3) is 3.00. The number of amides is 4. The third-order valence-corrected chi connectivity index (χ3v) is 8.16. The fraction of sp³-hybridized carbons (Fsp3) is 0.360. The fourth-order valence-corrected chi connectivity index (χ4v) is 6.31. The Bertz CT molecular complexity index is 1360. The van der Waals surface area contributed by atoms with E-state index in [2.05, 4.69) is 5.32 Å². The van der Waals surface area contributed by atoms with Gasteiger partial charge in [-0.05, 0) is 36.8 Å². The molecule has 11 heteroatoms. The molecule has 1 spiro atoms. The molecule has 0 bridgehead atoms. The van der Waals surface area contributed by atoms with Gasteiger partial charge in [0.2, 0.25) is 23.3 Å². The number of nitrogens with two attached hydrogens (primary N) is 2. The molecule has 36 heavy (non-hydrogen) atoms. The van der Waals surface area contributed by atoms with E-state index in [1.807, 2.05) is 0 Å². The number of rotatable bonds is 4. The van der Waals surface area contributed by atoms with Crippen molar-refractivity contribution in [1.29, 1.82) is 0 Å². The summed E-state index contributed by atoms with van der Waals surface area (Å²) in [5.74, 6) is -2.62. The maximum Gasteiger partial charge on any atom is 0.291 e. The second-order valence-electron chi connectivity index (χ2n) is 9.60. The Morgan fingerprint density at radius 3 is 2.67 bits per heavy atom. The summed E-state index contributed by atoms with van der Waals surface area (Å²) in [6, 6.07) is 7.81. The molecule has 0 aromatic heterocycles. The highest BCUT2D eigenvalue weighted by Crippen LogP contribution is 2.52. The van der Waals surface area contributed by atoms with Gasteiger partial charge in [-0.15, -0.1) is 0 Å². The van der Waals surface area contributed by atoms with Gasteiger partial charge in [0.1, 0.15) is 31.1 Å². The van der Waals surface area contributed by atoms with Gasteiger partial charge in [-0.3, -0.25) is 19.2 Å². The molecular formula is C25H24ClN4O6+. The van der Waals surface area contributed by atoms with Crippen LogP contribution >= 0.6 is 11.6 Å². The minimum atomic E-state index is -1.37. The first-order chi connectivity index (χ1) is 17.2. The molecule has 2 aromatic rings. The van der Waals surface area contributed by atoms with Crippen molar-refractivity contribution in [2.24, 2.45) is 17.6 Å². The summed E-state index contributed by atoms with van der Waals surface area (Å²) in [5, 5.41) is 5.16. The van der Waals surface area contributed by atoms with Crippen LogP contribution in [0.3, 0.4) is 0 Å². The van der Waals surface area contributed by atoms with E-state index in [9.17, 15) is 19.2 Å². The highest BCUT2D eigenvalue weighted by atomic mass is 35.5. The number of hydrogen-bond acceptors (Lipinski definition) is 6. The number of carbonyl (C=O) groups is 4. The lowest BCUT2D eigenvalue weighted by atomic mass is 9.76. The molecule has 2 saturated heterocycles. The van der Waals surface area contributed by atoms with E-state index in [4.69, 9.17) is 26.8 Å². The lowest BCUT2D eigenvalue weighted by molar-refractivity contribution is -0.733. The molecule has 0 saturated carbocycles. The minimum absolute atomic E-state index is 0.0279. The van der Waals surface area contributed by atoms with E-state index in [1.54, 1.807) is 42.6 Å². The number of anilines is 2. The zero-order chi connectivity index (χ0) is 25.4. The van der Waals surface area contributed by atoms with Gasteiger partial charge in [0.05, 0.1) is 11.4 Å². The topological polar surface area (TPSA) is 145 Å². The average molecular weight is 512 g/mol. The lowest BCUT2D eigenvalue weighted by Gasteiger charge is -2.27. The molecule has 2 aromatic carbocycles. The number of halogens is 1. The van der Waals surface area contributed by atoms with E-state index >= 15 is 0 Å². The van der Waals surface area contributed by atoms with Crippen molar-refractivity contribution in [3.05, 3.63) is 46.5 Å². The molecule has 6 rings (SSSR count). The molecule has 4 amide bonds. The first-order valence-electron chi connectivity index (χ1n) is 11.8. The summed E-state index contributed by atoms with van der Waals surface area (Å²) in [7, 11) is 0. The quantitative estimate of drug-likeness (QED) is 0.512. The van der Waals surface area contributed by atoms with Gasteiger partial charge in [0.25, 0.3) is 5.91 Å². The first-order valence-corrected chi connectivity index (χ1v) is 12.1. The van der Waals surface area contributed by atoms with Crippen molar-refractivity contribution in [2.45, 2.75) is 31.3 Å². The second kappa shape index (κ2) is 7.94. The standard InChI is InChI=1S/C25H23ClN4O6/c1-11-14(26)4-3-13-21(11)28-24(34)25(13)20-19(15(29-25)5-7-18(27)31)22(32)30(23(20)33)12-2-6-16-17(10-12)36-9-8-35-16/h2-4,6,10,15,19-20,29H,5,7-9H2,1H3,(H2,27,31)(H,28,34)/p+1/t15-,19+,20-,25-/m0/s1. The summed E-state index contributed by atoms with van der Waals surface area (Å²) in [6.07, 6.45) is 0.279. The Morgan fingerprint density at radius 2 is 1.92 bits per heavy atom. The van der Waals surface area contributed by atoms with Crippen molar-refractivity contribution in [2.75, 3.05) is 23.4 Å². The molecule has 0 unspecified atom stereocenters. The number of imide groups is 1. The summed E-state index contributed by atoms with van der Waals surface area (Å²) in [6.45, 7) is 2.56. The van der Waals surface area contributed by atoms with E-state index < -0.39 is 41.1 Å². The zero-order valence-corrected chi connectivity index (χ0v) is 20.1. The average Bonchev–Trinajstić information content (AvgIpc) is 3.44. The van der Waals surface area contributed by atoms with Gasteiger partial charge >= 0.3 is 0 Å². The molecule has 0 radical (unpaired) electrons. The highest BCUT2D eigenvalue weighted by Gasteiger charge is 2.74. The Hall–Kier alpha value is -3.63. The van der Waals surface area contributed by atoms with Crippen LogP contribution in [0.5, 0.6) is 11.5 Å². The van der Waals surface area contributed by atoms with Gasteiger partial charge in [-0.2, -0.15) is 0 Å². The molecule has 186 valence electrons. The van der Waals surface area contributed by atoms with Crippen LogP contribution in [0.4, 0.5) is 11.4 Å². The Kier molecular flexibility index (Phi) is 5.03. The summed E-state index contributed by atoms with van der Waals surface area (Å²) in [5.41, 5.74) is 6.23. The van der Waals surface area contributed by atoms with Crippen molar-refractivity contribution in [3.8, 4) is 11.5 Å². The van der Waals surface area contributed by atoms with Crippen LogP contribution in [0, 0.1) is 18.8 Å². The number of ether oxygens (including phenoxy) is 2. The van der Waals surface area contributed by atoms with Crippen LogP contribution in [-0.4, -0.2) is 42.9 Å². The van der Waals surface area contributed by atoms with E-state index in [-0.39, 0.29) is 18.7 Å². The zero-order valence-electron chi connectivity index (χ0n) is 19.4. The maximum atomic E-state index is 14.0. The van der Waals surface area contributed by atoms with Crippen LogP contribution in [0.2, 0.25) is 5.02 Å².